The maximum Gasteiger partial charge on any atom is 0.0710 e. The summed E-state index contributed by atoms with van der Waals surface area (Å²) in [6.07, 6.45) is 9.37. The Morgan fingerprint density at radius 2 is 1.95 bits per heavy atom. The Morgan fingerprint density at radius 3 is 2.58 bits per heavy atom. The van der Waals surface area contributed by atoms with Crippen molar-refractivity contribution in [3.05, 3.63) is 6.42 Å². The van der Waals surface area contributed by atoms with E-state index in [1.54, 1.807) is 0 Å². The third kappa shape index (κ3) is 6.48. The van der Waals surface area contributed by atoms with Crippen LogP contribution in [0.3, 0.4) is 0 Å². The van der Waals surface area contributed by atoms with Gasteiger partial charge in [0, 0.05) is 44.3 Å². The van der Waals surface area contributed by atoms with E-state index < -0.39 is 0 Å². The zero-order valence-corrected chi connectivity index (χ0v) is 16.8. The van der Waals surface area contributed by atoms with Crippen molar-refractivity contribution in [1.82, 2.24) is 0 Å². The van der Waals surface area contributed by atoms with Gasteiger partial charge >= 0.3 is 0 Å². The number of fused-ring (bicyclic) bond motifs is 1. The topological polar surface area (TPSA) is 38.7 Å². The summed E-state index contributed by atoms with van der Waals surface area (Å²) in [5.41, 5.74) is 0. The molecule has 1 saturated carbocycles. The van der Waals surface area contributed by atoms with E-state index in [2.05, 4.69) is 25.2 Å². The molecule has 0 aromatic carbocycles. The minimum Gasteiger partial charge on any atom is -0.381 e. The summed E-state index contributed by atoms with van der Waals surface area (Å²) in [5, 5.41) is 7.07. The van der Waals surface area contributed by atoms with E-state index in [4.69, 9.17) is 9.99 Å². The molecule has 4 heteroatoms. The Morgan fingerprint density at radius 1 is 1.26 bits per heavy atom. The summed E-state index contributed by atoms with van der Waals surface area (Å²) < 4.78 is 5.75. The van der Waals surface area contributed by atoms with Gasteiger partial charge in [0.05, 0.1) is 7.11 Å². The third-order valence-corrected chi connectivity index (χ3v) is 4.52. The maximum atomic E-state index is 7.07. The van der Waals surface area contributed by atoms with Crippen LogP contribution in [-0.2, 0) is 9.62 Å². The van der Waals surface area contributed by atoms with Gasteiger partial charge in [0.15, 0.2) is 0 Å². The molecule has 4 atom stereocenters. The van der Waals surface area contributed by atoms with Gasteiger partial charge in [0.1, 0.15) is 0 Å². The molecule has 1 heterocycles. The molecule has 2 aliphatic rings. The average molecular weight is 495 g/mol. The van der Waals surface area contributed by atoms with E-state index >= 15 is 0 Å². The molecule has 2 fully saturated rings. The third-order valence-electron chi connectivity index (χ3n) is 4.52. The fourth-order valence-corrected chi connectivity index (χ4v) is 3.61. The first-order chi connectivity index (χ1) is 8.74. The van der Waals surface area contributed by atoms with Crippen LogP contribution in [0.5, 0.6) is 0 Å². The van der Waals surface area contributed by atoms with E-state index in [0.717, 1.165) is 36.9 Å². The molecule has 0 aromatic rings. The summed E-state index contributed by atoms with van der Waals surface area (Å²) in [7, 11) is 1.18. The van der Waals surface area contributed by atoms with E-state index in [1.165, 1.54) is 39.2 Å². The van der Waals surface area contributed by atoms with Crippen LogP contribution in [0.2, 0.25) is 0 Å². The molecule has 0 aromatic heterocycles. The van der Waals surface area contributed by atoms with Crippen molar-refractivity contribution < 1.29 is 46.0 Å². The summed E-state index contributed by atoms with van der Waals surface area (Å²) in [6, 6.07) is 0. The summed E-state index contributed by atoms with van der Waals surface area (Å²) >= 11 is 0. The summed E-state index contributed by atoms with van der Waals surface area (Å²) in [6.45, 7) is 6.61. The molecule has 0 bridgehead atoms. The van der Waals surface area contributed by atoms with Crippen molar-refractivity contribution in [2.75, 3.05) is 20.3 Å². The molecule has 0 radical (unpaired) electrons. The Hall–Kier alpha value is 0.932. The van der Waals surface area contributed by atoms with Gasteiger partial charge in [0.25, 0.3) is 0 Å². The largest absolute Gasteiger partial charge is 0.381 e. The van der Waals surface area contributed by atoms with Gasteiger partial charge in [-0.2, -0.15) is 13.3 Å². The predicted octanol–water partition coefficient (Wildman–Crippen LogP) is 3.80. The molecule has 112 valence electrons. The molecule has 2 rings (SSSR count). The monoisotopic (exact) mass is 495 g/mol. The van der Waals surface area contributed by atoms with Gasteiger partial charge < -0.3 is 11.2 Å². The Labute approximate surface area is 142 Å². The average Bonchev–Trinajstić information content (AvgIpc) is 2.38. The van der Waals surface area contributed by atoms with E-state index in [-0.39, 0.29) is 31.1 Å². The minimum absolute atomic E-state index is 0. The zero-order valence-electron chi connectivity index (χ0n) is 12.6. The van der Waals surface area contributed by atoms with Gasteiger partial charge in [-0.3, -0.25) is 5.26 Å². The van der Waals surface area contributed by atoms with Gasteiger partial charge in [-0.05, 0) is 30.1 Å². The summed E-state index contributed by atoms with van der Waals surface area (Å²) in [4.78, 5) is 3.25. The second-order valence-electron chi connectivity index (χ2n) is 5.70. The van der Waals surface area contributed by atoms with E-state index in [1.807, 2.05) is 0 Å². The van der Waals surface area contributed by atoms with Crippen molar-refractivity contribution in [3.63, 3.8) is 0 Å². The fourth-order valence-electron chi connectivity index (χ4n) is 3.61. The predicted molar refractivity (Wildman–Crippen MR) is 73.1 cm³/mol. The molecule has 1 aliphatic heterocycles. The number of hydrogen-bond donors (Lipinski definition) is 1. The number of rotatable bonds is 3. The normalized spacial score (nSPS) is 33.5. The number of hydrogen-bond acceptors (Lipinski definition) is 3. The van der Waals surface area contributed by atoms with Gasteiger partial charge in [-0.15, -0.1) is 0 Å². The van der Waals surface area contributed by atoms with Crippen LogP contribution in [0.1, 0.15) is 46.0 Å². The van der Waals surface area contributed by atoms with Crippen molar-refractivity contribution in [2.45, 2.75) is 46.0 Å². The van der Waals surface area contributed by atoms with Crippen molar-refractivity contribution in [2.24, 2.45) is 23.7 Å². The summed E-state index contributed by atoms with van der Waals surface area (Å²) in [5.74, 6) is 3.59. The smallest absolute Gasteiger partial charge is 0.0710 e. The quantitative estimate of drug-likeness (QED) is 0.368. The van der Waals surface area contributed by atoms with Crippen molar-refractivity contribution in [3.8, 4) is 0 Å². The van der Waals surface area contributed by atoms with Crippen LogP contribution >= 0.6 is 0 Å². The Kier molecular flexibility index (Phi) is 12.1. The van der Waals surface area contributed by atoms with Crippen molar-refractivity contribution >= 4 is 0 Å². The molecular weight excluding hydrogens is 466 g/mol. The van der Waals surface area contributed by atoms with E-state index in [0.29, 0.717) is 0 Å². The molecule has 1 N–H and O–H groups in total. The SMILES string of the molecule is COO.C[CH-]CCC1CCCC2C(C)COCC12.[U]. The number of ether oxygens (including phenoxy) is 1. The van der Waals surface area contributed by atoms with Crippen LogP contribution in [0.25, 0.3) is 0 Å². The van der Waals surface area contributed by atoms with Gasteiger partial charge in [0.2, 0.25) is 0 Å². The first-order valence-electron chi connectivity index (χ1n) is 7.27. The molecule has 19 heavy (non-hydrogen) atoms. The zero-order chi connectivity index (χ0) is 13.4. The van der Waals surface area contributed by atoms with Crippen LogP contribution < -0.4 is 0 Å². The minimum atomic E-state index is 0. The first kappa shape index (κ1) is 19.9. The Balaban J connectivity index is 0.000000742. The molecule has 1 aliphatic carbocycles. The molecule has 3 nitrogen and oxygen atoms in total. The maximum absolute atomic E-state index is 7.07. The van der Waals surface area contributed by atoms with E-state index in [9.17, 15) is 0 Å². The fraction of sp³-hybridized carbons (Fsp3) is 0.933. The molecule has 0 spiro atoms. The van der Waals surface area contributed by atoms with Crippen molar-refractivity contribution in [1.29, 1.82) is 0 Å². The standard InChI is InChI=1S/C14H25O.CH4O2.U/c1-3-4-6-12-7-5-8-13-11(2)9-15-10-14(12)13;1-3-2;/h3,11-14H,4-10H2,1-2H3;2H,1H3;/q-1;;. The first-order valence-corrected chi connectivity index (χ1v) is 7.27. The second kappa shape index (κ2) is 11.6. The molecular formula is C15H29O3U-. The van der Waals surface area contributed by atoms with Gasteiger partial charge in [-0.1, -0.05) is 26.2 Å². The van der Waals surface area contributed by atoms with Gasteiger partial charge in [-0.25, -0.2) is 4.89 Å². The Bertz CT molecular complexity index is 214. The molecule has 0 amide bonds. The van der Waals surface area contributed by atoms with Crippen LogP contribution in [-0.4, -0.2) is 25.6 Å². The number of unbranched alkanes of at least 4 members (excludes halogenated alkanes) is 1. The van der Waals surface area contributed by atoms with Crippen LogP contribution in [0, 0.1) is 61.2 Å². The van der Waals surface area contributed by atoms with Crippen LogP contribution in [0.15, 0.2) is 0 Å². The molecule has 4 unspecified atom stereocenters. The van der Waals surface area contributed by atoms with Crippen LogP contribution in [0.4, 0.5) is 0 Å². The molecule has 1 saturated heterocycles. The second-order valence-corrected chi connectivity index (χ2v) is 5.70.